The number of esters is 1. The maximum Gasteiger partial charge on any atom is 0.331 e. The first-order valence-corrected chi connectivity index (χ1v) is 6.57. The molecule has 0 bridgehead atoms. The number of ether oxygens (including phenoxy) is 2. The Hall–Kier alpha value is -1.10. The number of rotatable bonds is 5. The molecule has 0 aromatic heterocycles. The smallest absolute Gasteiger partial charge is 0.331 e. The zero-order chi connectivity index (χ0) is 13.5. The van der Waals surface area contributed by atoms with Gasteiger partial charge in [0.05, 0.1) is 20.3 Å². The van der Waals surface area contributed by atoms with Gasteiger partial charge in [0.25, 0.3) is 0 Å². The molecule has 0 N–H and O–H groups in total. The molecule has 1 heterocycles. The van der Waals surface area contributed by atoms with Gasteiger partial charge in [0, 0.05) is 12.5 Å². The molecular formula is C13H23NO4. The number of hydrogen-bond donors (Lipinski definition) is 0. The summed E-state index contributed by atoms with van der Waals surface area (Å²) in [7, 11) is 1.33. The van der Waals surface area contributed by atoms with Crippen molar-refractivity contribution in [2.45, 2.75) is 39.2 Å². The second-order valence-corrected chi connectivity index (χ2v) is 4.69. The van der Waals surface area contributed by atoms with Crippen LogP contribution in [-0.2, 0) is 19.1 Å². The summed E-state index contributed by atoms with van der Waals surface area (Å²) in [5.41, 5.74) is 0. The Morgan fingerprint density at radius 2 is 2.22 bits per heavy atom. The van der Waals surface area contributed by atoms with E-state index < -0.39 is 12.0 Å². The lowest BCUT2D eigenvalue weighted by atomic mass is 10.0. The summed E-state index contributed by atoms with van der Waals surface area (Å²) in [6.45, 7) is 5.21. The van der Waals surface area contributed by atoms with Crippen molar-refractivity contribution in [3.8, 4) is 0 Å². The second kappa shape index (κ2) is 7.36. The van der Waals surface area contributed by atoms with E-state index in [0.29, 0.717) is 13.2 Å². The number of carbonyl (C=O) groups is 2. The van der Waals surface area contributed by atoms with Gasteiger partial charge in [0.2, 0.25) is 5.91 Å². The summed E-state index contributed by atoms with van der Waals surface area (Å²) in [4.78, 5) is 25.5. The van der Waals surface area contributed by atoms with Crippen molar-refractivity contribution in [1.82, 2.24) is 4.90 Å². The van der Waals surface area contributed by atoms with Gasteiger partial charge >= 0.3 is 5.97 Å². The molecule has 0 aromatic rings. The van der Waals surface area contributed by atoms with Crippen LogP contribution in [-0.4, -0.2) is 49.7 Å². The highest BCUT2D eigenvalue weighted by Crippen LogP contribution is 2.16. The van der Waals surface area contributed by atoms with E-state index in [-0.39, 0.29) is 18.4 Å². The third-order valence-corrected chi connectivity index (χ3v) is 3.30. The molecule has 0 radical (unpaired) electrons. The predicted octanol–water partition coefficient (Wildman–Crippen LogP) is 1.21. The molecule has 2 unspecified atom stereocenters. The molecule has 1 aliphatic heterocycles. The molecular weight excluding hydrogens is 234 g/mol. The fourth-order valence-corrected chi connectivity index (χ4v) is 2.12. The summed E-state index contributed by atoms with van der Waals surface area (Å²) in [6.07, 6.45) is 2.96. The lowest BCUT2D eigenvalue weighted by molar-refractivity contribution is -0.162. The first-order chi connectivity index (χ1) is 8.61. The first-order valence-electron chi connectivity index (χ1n) is 6.57. The van der Waals surface area contributed by atoms with Crippen molar-refractivity contribution in [2.24, 2.45) is 5.92 Å². The lowest BCUT2D eigenvalue weighted by Gasteiger charge is -2.35. The molecule has 0 aromatic carbocycles. The van der Waals surface area contributed by atoms with Crippen molar-refractivity contribution in [3.05, 3.63) is 0 Å². The largest absolute Gasteiger partial charge is 0.467 e. The van der Waals surface area contributed by atoms with Crippen LogP contribution in [0.5, 0.6) is 0 Å². The molecule has 1 fully saturated rings. The monoisotopic (exact) mass is 257 g/mol. The highest BCUT2D eigenvalue weighted by atomic mass is 16.5. The van der Waals surface area contributed by atoms with E-state index in [4.69, 9.17) is 9.47 Å². The zero-order valence-corrected chi connectivity index (χ0v) is 11.5. The Morgan fingerprint density at radius 1 is 1.50 bits per heavy atom. The van der Waals surface area contributed by atoms with E-state index in [0.717, 1.165) is 19.3 Å². The first kappa shape index (κ1) is 15.0. The van der Waals surface area contributed by atoms with Gasteiger partial charge in [-0.05, 0) is 6.42 Å². The van der Waals surface area contributed by atoms with Gasteiger partial charge < -0.3 is 14.4 Å². The Bertz CT molecular complexity index is 293. The molecule has 1 saturated heterocycles. The standard InChI is InChI=1S/C13H23NO4/c1-4-5-6-10(2)12(15)14-7-8-18-9-11(14)13(16)17-3/h10-11H,4-9H2,1-3H3. The van der Waals surface area contributed by atoms with Crippen LogP contribution in [0.2, 0.25) is 0 Å². The summed E-state index contributed by atoms with van der Waals surface area (Å²) < 4.78 is 9.97. The van der Waals surface area contributed by atoms with Crippen molar-refractivity contribution in [2.75, 3.05) is 26.9 Å². The molecule has 1 amide bonds. The topological polar surface area (TPSA) is 55.8 Å². The van der Waals surface area contributed by atoms with E-state index in [9.17, 15) is 9.59 Å². The van der Waals surface area contributed by atoms with Crippen molar-refractivity contribution in [3.63, 3.8) is 0 Å². The SMILES string of the molecule is CCCCC(C)C(=O)N1CCOCC1C(=O)OC. The Morgan fingerprint density at radius 3 is 2.83 bits per heavy atom. The fraction of sp³-hybridized carbons (Fsp3) is 0.846. The number of nitrogens with zero attached hydrogens (tertiary/aromatic N) is 1. The van der Waals surface area contributed by atoms with Crippen LogP contribution >= 0.6 is 0 Å². The summed E-state index contributed by atoms with van der Waals surface area (Å²) in [5, 5.41) is 0. The number of unbranched alkanes of at least 4 members (excludes halogenated alkanes) is 1. The van der Waals surface area contributed by atoms with Gasteiger partial charge in [-0.1, -0.05) is 26.7 Å². The van der Waals surface area contributed by atoms with Crippen LogP contribution in [0.15, 0.2) is 0 Å². The summed E-state index contributed by atoms with van der Waals surface area (Å²) >= 11 is 0. The molecule has 18 heavy (non-hydrogen) atoms. The van der Waals surface area contributed by atoms with Gasteiger partial charge in [0.15, 0.2) is 6.04 Å². The van der Waals surface area contributed by atoms with E-state index in [1.165, 1.54) is 7.11 Å². The number of morpholine rings is 1. The Labute approximate surface area is 108 Å². The summed E-state index contributed by atoms with van der Waals surface area (Å²) in [6, 6.07) is -0.583. The van der Waals surface area contributed by atoms with Crippen LogP contribution in [0.25, 0.3) is 0 Å². The van der Waals surface area contributed by atoms with Crippen LogP contribution in [0.3, 0.4) is 0 Å². The van der Waals surface area contributed by atoms with Crippen LogP contribution in [0, 0.1) is 5.92 Å². The van der Waals surface area contributed by atoms with Crippen LogP contribution < -0.4 is 0 Å². The van der Waals surface area contributed by atoms with Crippen LogP contribution in [0.1, 0.15) is 33.1 Å². The second-order valence-electron chi connectivity index (χ2n) is 4.69. The minimum absolute atomic E-state index is 0.0298. The normalized spacial score (nSPS) is 21.5. The highest BCUT2D eigenvalue weighted by Gasteiger charge is 2.35. The van der Waals surface area contributed by atoms with Crippen LogP contribution in [0.4, 0.5) is 0 Å². The van der Waals surface area contributed by atoms with E-state index in [1.807, 2.05) is 6.92 Å². The molecule has 0 aliphatic carbocycles. The van der Waals surface area contributed by atoms with Crippen molar-refractivity contribution in [1.29, 1.82) is 0 Å². The van der Waals surface area contributed by atoms with Crippen molar-refractivity contribution >= 4 is 11.9 Å². The molecule has 1 aliphatic rings. The van der Waals surface area contributed by atoms with E-state index >= 15 is 0 Å². The quantitative estimate of drug-likeness (QED) is 0.695. The molecule has 1 rings (SSSR count). The Balaban J connectivity index is 2.64. The number of carbonyl (C=O) groups excluding carboxylic acids is 2. The number of methoxy groups -OCH3 is 1. The number of hydrogen-bond acceptors (Lipinski definition) is 4. The molecule has 104 valence electrons. The van der Waals surface area contributed by atoms with Gasteiger partial charge in [-0.2, -0.15) is 0 Å². The minimum Gasteiger partial charge on any atom is -0.467 e. The Kier molecular flexibility index (Phi) is 6.12. The molecule has 5 heteroatoms. The average molecular weight is 257 g/mol. The van der Waals surface area contributed by atoms with Crippen molar-refractivity contribution < 1.29 is 19.1 Å². The average Bonchev–Trinajstić information content (AvgIpc) is 2.43. The zero-order valence-electron chi connectivity index (χ0n) is 11.5. The lowest BCUT2D eigenvalue weighted by Crippen LogP contribution is -2.54. The summed E-state index contributed by atoms with van der Waals surface area (Å²) in [5.74, 6) is -0.414. The minimum atomic E-state index is -0.583. The predicted molar refractivity (Wildman–Crippen MR) is 67.0 cm³/mol. The van der Waals surface area contributed by atoms with E-state index in [1.54, 1.807) is 4.90 Å². The molecule has 0 saturated carbocycles. The third kappa shape index (κ3) is 3.70. The molecule has 0 spiro atoms. The van der Waals surface area contributed by atoms with Gasteiger partial charge in [-0.25, -0.2) is 4.79 Å². The maximum atomic E-state index is 12.3. The number of amides is 1. The fourth-order valence-electron chi connectivity index (χ4n) is 2.12. The molecule has 5 nitrogen and oxygen atoms in total. The third-order valence-electron chi connectivity index (χ3n) is 3.30. The van der Waals surface area contributed by atoms with Gasteiger partial charge in [-0.15, -0.1) is 0 Å². The maximum absolute atomic E-state index is 12.3. The highest BCUT2D eigenvalue weighted by molar-refractivity contribution is 5.86. The van der Waals surface area contributed by atoms with E-state index in [2.05, 4.69) is 6.92 Å². The van der Waals surface area contributed by atoms with Gasteiger partial charge in [-0.3, -0.25) is 4.79 Å². The van der Waals surface area contributed by atoms with Gasteiger partial charge in [0.1, 0.15) is 0 Å². The molecule has 2 atom stereocenters.